The fraction of sp³-hybridized carbons (Fsp3) is 0.793. The summed E-state index contributed by atoms with van der Waals surface area (Å²) in [5.74, 6) is -58.8. The summed E-state index contributed by atoms with van der Waals surface area (Å²) in [5.41, 5.74) is 0.415. The van der Waals surface area contributed by atoms with Crippen molar-refractivity contribution in [2.24, 2.45) is 0 Å². The summed E-state index contributed by atoms with van der Waals surface area (Å²) in [6.07, 6.45) is -9.77. The first kappa shape index (κ1) is 57.1. The van der Waals surface area contributed by atoms with Crippen LogP contribution in [0, 0.1) is 0 Å². The Balaban J connectivity index is 0. The van der Waals surface area contributed by atoms with Crippen LogP contribution < -0.4 is 0 Å². The molecule has 0 radical (unpaired) electrons. The normalized spacial score (nSPS) is 14.7. The van der Waals surface area contributed by atoms with Crippen molar-refractivity contribution in [2.45, 2.75) is 132 Å². The molecule has 0 N–H and O–H groups in total. The van der Waals surface area contributed by atoms with Crippen LogP contribution in [0.5, 0.6) is 0 Å². The van der Waals surface area contributed by atoms with E-state index in [9.17, 15) is 84.2 Å². The van der Waals surface area contributed by atoms with Crippen LogP contribution in [-0.2, 0) is 31.4 Å². The van der Waals surface area contributed by atoms with Gasteiger partial charge in [0, 0.05) is 17.7 Å². The molecule has 0 spiro atoms. The number of carbonyl (C=O) groups is 2. The molecule has 0 rings (SSSR count). The summed E-state index contributed by atoms with van der Waals surface area (Å²) in [5, 5.41) is 0. The Morgan fingerprint density at radius 1 is 0.544 bits per heavy atom. The van der Waals surface area contributed by atoms with Crippen molar-refractivity contribution in [3.63, 3.8) is 0 Å². The summed E-state index contributed by atoms with van der Waals surface area (Å²) in [4.78, 5) is 22.1. The maximum atomic E-state index is 13.4. The Bertz CT molecular complexity index is 1350. The van der Waals surface area contributed by atoms with Crippen LogP contribution in [0.3, 0.4) is 0 Å². The van der Waals surface area contributed by atoms with E-state index in [4.69, 9.17) is 17.1 Å². The molecule has 0 atom stereocenters. The molecule has 338 valence electrons. The first-order valence-electron chi connectivity index (χ1n) is 16.1. The molecule has 0 aromatic carbocycles. The fourth-order valence-electron chi connectivity index (χ4n) is 3.88. The highest BCUT2D eigenvalue weighted by Crippen LogP contribution is 2.64. The van der Waals surface area contributed by atoms with Gasteiger partial charge in [0.2, 0.25) is 0 Å². The van der Waals surface area contributed by atoms with E-state index >= 15 is 0 Å². The monoisotopic (exact) mass is 940 g/mol. The molecule has 0 aromatic heterocycles. The lowest BCUT2D eigenvalue weighted by atomic mass is 9.88. The summed E-state index contributed by atoms with van der Waals surface area (Å²) in [6.45, 7) is 25.7. The van der Waals surface area contributed by atoms with Crippen LogP contribution in [0.1, 0.15) is 19.8 Å². The predicted octanol–water partition coefficient (Wildman–Crippen LogP) is 11.1. The molecule has 0 bridgehead atoms. The first-order chi connectivity index (χ1) is 24.7. The minimum atomic E-state index is -8.67. The van der Waals surface area contributed by atoms with Crippen molar-refractivity contribution in [3.05, 3.63) is 24.8 Å². The van der Waals surface area contributed by atoms with Crippen molar-refractivity contribution >= 4 is 45.7 Å². The smallest absolute Gasteiger partial charge is 0.462 e. The van der Waals surface area contributed by atoms with Gasteiger partial charge in [-0.3, -0.25) is 0 Å². The molecule has 28 heteroatoms. The van der Waals surface area contributed by atoms with Gasteiger partial charge in [-0.05, 0) is 72.3 Å². The molecule has 7 nitrogen and oxygen atoms in total. The SMILES string of the molecule is C=C(C)C(=O)OCCC[Si](O[Si](C)(C)C)(O[Si](C)(C)C)O[Si](C)(C)C.C=CC(=O)OCCC(F)(F)C(F)(F)C(F)(F)C(F)(F)C(F)(F)C(F)(F)C(F)(F)C(F)(F)F. The van der Waals surface area contributed by atoms with Gasteiger partial charge in [0.25, 0.3) is 0 Å². The molecule has 0 aliphatic carbocycles. The third kappa shape index (κ3) is 14.6. The van der Waals surface area contributed by atoms with Crippen molar-refractivity contribution in [1.29, 1.82) is 0 Å². The Hall–Kier alpha value is -2.02. The Morgan fingerprint density at radius 3 is 1.18 bits per heavy atom. The van der Waals surface area contributed by atoms with E-state index in [1.54, 1.807) is 6.92 Å². The van der Waals surface area contributed by atoms with Crippen molar-refractivity contribution in [2.75, 3.05) is 13.2 Å². The van der Waals surface area contributed by atoms with Gasteiger partial charge < -0.3 is 21.8 Å². The molecule has 57 heavy (non-hydrogen) atoms. The van der Waals surface area contributed by atoms with Crippen molar-refractivity contribution in [1.82, 2.24) is 0 Å². The van der Waals surface area contributed by atoms with Crippen LogP contribution >= 0.6 is 0 Å². The summed E-state index contributed by atoms with van der Waals surface area (Å²) in [6, 6.07) is 0.676. The van der Waals surface area contributed by atoms with Gasteiger partial charge >= 0.3 is 68.4 Å². The zero-order valence-electron chi connectivity index (χ0n) is 32.3. The number of rotatable bonds is 21. The van der Waals surface area contributed by atoms with E-state index in [0.29, 0.717) is 24.6 Å². The van der Waals surface area contributed by atoms with Crippen LogP contribution in [0.25, 0.3) is 0 Å². The van der Waals surface area contributed by atoms with Crippen LogP contribution in [0.15, 0.2) is 24.8 Å². The number of hydrogen-bond donors (Lipinski definition) is 0. The van der Waals surface area contributed by atoms with Gasteiger partial charge in [0.15, 0.2) is 25.0 Å². The van der Waals surface area contributed by atoms with Crippen LogP contribution in [0.4, 0.5) is 74.6 Å². The van der Waals surface area contributed by atoms with Gasteiger partial charge in [-0.25, -0.2) is 9.59 Å². The minimum absolute atomic E-state index is 0.197. The van der Waals surface area contributed by atoms with Gasteiger partial charge in [-0.1, -0.05) is 13.2 Å². The molecule has 0 saturated heterocycles. The van der Waals surface area contributed by atoms with Crippen molar-refractivity contribution in [3.8, 4) is 0 Å². The molecule has 0 aromatic rings. The topological polar surface area (TPSA) is 80.3 Å². The summed E-state index contributed by atoms with van der Waals surface area (Å²) >= 11 is 0. The molecule has 0 heterocycles. The van der Waals surface area contributed by atoms with Gasteiger partial charge in [-0.15, -0.1) is 0 Å². The van der Waals surface area contributed by atoms with Gasteiger partial charge in [0.05, 0.1) is 19.6 Å². The molecule has 0 aliphatic rings. The zero-order valence-corrected chi connectivity index (χ0v) is 36.3. The van der Waals surface area contributed by atoms with Gasteiger partial charge in [0.1, 0.15) is 0 Å². The first-order valence-corrected chi connectivity index (χ1v) is 28.2. The molecule has 0 amide bonds. The van der Waals surface area contributed by atoms with Gasteiger partial charge in [-0.2, -0.15) is 74.6 Å². The average Bonchev–Trinajstić information content (AvgIpc) is 2.95. The third-order valence-electron chi connectivity index (χ3n) is 6.21. The Morgan fingerprint density at radius 2 is 0.877 bits per heavy atom. The number of hydrogen-bond acceptors (Lipinski definition) is 7. The third-order valence-corrected chi connectivity index (χ3v) is 18.3. The highest BCUT2D eigenvalue weighted by atomic mass is 28.5. The Labute approximate surface area is 322 Å². The number of ether oxygens (including phenoxy) is 2. The number of carbonyl (C=O) groups excluding carboxylic acids is 2. The lowest BCUT2D eigenvalue weighted by molar-refractivity contribution is -0.461. The van der Waals surface area contributed by atoms with E-state index in [2.05, 4.69) is 76.8 Å². The number of halogens is 17. The highest BCUT2D eigenvalue weighted by molar-refractivity contribution is 6.90. The summed E-state index contributed by atoms with van der Waals surface area (Å²) < 4.78 is 249. The minimum Gasteiger partial charge on any atom is -0.462 e. The number of alkyl halides is 17. The zero-order chi connectivity index (χ0) is 46.5. The fourth-order valence-corrected chi connectivity index (χ4v) is 18.5. The van der Waals surface area contributed by atoms with Crippen LogP contribution in [-0.4, -0.2) is 107 Å². The molecular formula is C29H45F17O7Si4. The highest BCUT2D eigenvalue weighted by Gasteiger charge is 2.95. The largest absolute Gasteiger partial charge is 0.469 e. The second-order valence-electron chi connectivity index (χ2n) is 15.1. The maximum absolute atomic E-state index is 13.4. The Kier molecular flexibility index (Phi) is 18.7. The molecular weight excluding hydrogens is 896 g/mol. The standard InChI is InChI=1S/C16H38O5Si4.C13H7F17O2/c1-15(2)16(17)18-13-12-14-25(19-22(3,4)5,20-23(6,7)8)21-24(9,10)11;1-2-5(31)32-4-3-6(14,15)7(16,17)8(18,19)9(20,21)10(22,23)11(24,25)12(26,27)13(28,29)30/h1,12-14H2,2-11H3;2H,1,3-4H2. The number of esters is 2. The maximum Gasteiger partial charge on any atom is 0.469 e. The molecule has 0 unspecified atom stereocenters. The molecule has 0 aliphatic heterocycles. The quantitative estimate of drug-likeness (QED) is 0.0373. The second kappa shape index (κ2) is 18.7. The average molecular weight is 941 g/mol. The molecule has 0 saturated carbocycles. The van der Waals surface area contributed by atoms with Crippen molar-refractivity contribution < 1.29 is 106 Å². The van der Waals surface area contributed by atoms with E-state index in [1.165, 1.54) is 0 Å². The molecule has 0 fully saturated rings. The lowest BCUT2D eigenvalue weighted by Crippen LogP contribution is -2.74. The lowest BCUT2D eigenvalue weighted by Gasteiger charge is -2.42. The predicted molar refractivity (Wildman–Crippen MR) is 181 cm³/mol. The van der Waals surface area contributed by atoms with E-state index < -0.39 is 100 Å². The van der Waals surface area contributed by atoms with E-state index in [-0.39, 0.29) is 12.0 Å². The van der Waals surface area contributed by atoms with Crippen LogP contribution in [0.2, 0.25) is 65.0 Å². The van der Waals surface area contributed by atoms with E-state index in [0.717, 1.165) is 0 Å². The van der Waals surface area contributed by atoms with E-state index in [1.807, 2.05) is 0 Å². The second-order valence-corrected chi connectivity index (χ2v) is 32.1. The summed E-state index contributed by atoms with van der Waals surface area (Å²) in [7, 11) is -8.40.